The molecule has 0 aliphatic rings. The van der Waals surface area contributed by atoms with E-state index >= 15 is 0 Å². The minimum absolute atomic E-state index is 0.0827. The standard InChI is InChI=1S/C13H14BrF3N6O2/c1-3-22-4-7(10(20-22)12(18)25)19-8(24)5-23-6(2)9(14)11(21-23)13(15,16)17/h4H,3,5H2,1-2H3,(H2,18,25)(H,19,24). The molecule has 0 aliphatic carbocycles. The van der Waals surface area contributed by atoms with Crippen LogP contribution in [0.3, 0.4) is 0 Å². The highest BCUT2D eigenvalue weighted by molar-refractivity contribution is 9.10. The van der Waals surface area contributed by atoms with Gasteiger partial charge in [0.05, 0.1) is 15.9 Å². The first-order chi connectivity index (χ1) is 11.5. The first-order valence-corrected chi connectivity index (χ1v) is 7.81. The van der Waals surface area contributed by atoms with E-state index < -0.39 is 30.2 Å². The summed E-state index contributed by atoms with van der Waals surface area (Å²) in [5, 5.41) is 9.73. The number of alkyl halides is 3. The van der Waals surface area contributed by atoms with Crippen LogP contribution in [0.4, 0.5) is 18.9 Å². The van der Waals surface area contributed by atoms with Gasteiger partial charge < -0.3 is 11.1 Å². The van der Waals surface area contributed by atoms with Crippen molar-refractivity contribution in [3.63, 3.8) is 0 Å². The monoisotopic (exact) mass is 422 g/mol. The maximum absolute atomic E-state index is 12.8. The summed E-state index contributed by atoms with van der Waals surface area (Å²) in [5.74, 6) is -1.51. The summed E-state index contributed by atoms with van der Waals surface area (Å²) in [7, 11) is 0. The van der Waals surface area contributed by atoms with E-state index in [1.807, 2.05) is 0 Å². The second-order valence-electron chi connectivity index (χ2n) is 5.06. The number of primary amides is 1. The number of halogens is 4. The van der Waals surface area contributed by atoms with Crippen LogP contribution in [0.15, 0.2) is 10.7 Å². The highest BCUT2D eigenvalue weighted by Crippen LogP contribution is 2.35. The molecule has 0 aromatic carbocycles. The fraction of sp³-hybridized carbons (Fsp3) is 0.385. The Kier molecular flexibility index (Phi) is 5.20. The van der Waals surface area contributed by atoms with Crippen LogP contribution < -0.4 is 11.1 Å². The Bertz CT molecular complexity index is 827. The molecule has 0 spiro atoms. The molecule has 25 heavy (non-hydrogen) atoms. The molecule has 0 radical (unpaired) electrons. The molecule has 8 nitrogen and oxygen atoms in total. The molecule has 2 amide bonds. The third-order valence-electron chi connectivity index (χ3n) is 3.29. The van der Waals surface area contributed by atoms with Crippen LogP contribution >= 0.6 is 15.9 Å². The SMILES string of the molecule is CCn1cc(NC(=O)Cn2nc(C(F)(F)F)c(Br)c2C)c(C(N)=O)n1. The molecule has 136 valence electrons. The molecule has 2 rings (SSSR count). The Morgan fingerprint density at radius 2 is 2.00 bits per heavy atom. The number of amides is 2. The van der Waals surface area contributed by atoms with Gasteiger partial charge in [0.1, 0.15) is 6.54 Å². The average Bonchev–Trinajstić information content (AvgIpc) is 3.03. The van der Waals surface area contributed by atoms with Crippen molar-refractivity contribution < 1.29 is 22.8 Å². The number of rotatable bonds is 5. The lowest BCUT2D eigenvalue weighted by Gasteiger charge is -2.06. The topological polar surface area (TPSA) is 108 Å². The first-order valence-electron chi connectivity index (χ1n) is 7.01. The minimum atomic E-state index is -4.65. The van der Waals surface area contributed by atoms with Gasteiger partial charge in [-0.15, -0.1) is 0 Å². The van der Waals surface area contributed by atoms with Gasteiger partial charge in [0, 0.05) is 12.7 Å². The van der Waals surface area contributed by atoms with E-state index in [0.717, 1.165) is 4.68 Å². The largest absolute Gasteiger partial charge is 0.436 e. The van der Waals surface area contributed by atoms with Crippen LogP contribution in [0.1, 0.15) is 28.8 Å². The molecule has 2 aromatic rings. The Balaban J connectivity index is 2.22. The summed E-state index contributed by atoms with van der Waals surface area (Å²) < 4.78 is 40.6. The summed E-state index contributed by atoms with van der Waals surface area (Å²) in [6, 6.07) is 0. The van der Waals surface area contributed by atoms with Crippen LogP contribution in [0.25, 0.3) is 0 Å². The zero-order valence-corrected chi connectivity index (χ0v) is 14.8. The Labute approximate surface area is 148 Å². The fourth-order valence-electron chi connectivity index (χ4n) is 2.04. The van der Waals surface area contributed by atoms with Gasteiger partial charge in [-0.2, -0.15) is 23.4 Å². The van der Waals surface area contributed by atoms with E-state index in [0.29, 0.717) is 6.54 Å². The lowest BCUT2D eigenvalue weighted by Crippen LogP contribution is -2.22. The maximum atomic E-state index is 12.8. The number of nitrogens with two attached hydrogens (primary N) is 1. The van der Waals surface area contributed by atoms with Gasteiger partial charge in [-0.1, -0.05) is 0 Å². The average molecular weight is 423 g/mol. The van der Waals surface area contributed by atoms with Crippen molar-refractivity contribution in [3.8, 4) is 0 Å². The number of nitrogens with zero attached hydrogens (tertiary/aromatic N) is 4. The molecule has 0 atom stereocenters. The van der Waals surface area contributed by atoms with Crippen LogP contribution in [-0.4, -0.2) is 31.4 Å². The zero-order chi connectivity index (χ0) is 18.9. The summed E-state index contributed by atoms with van der Waals surface area (Å²) in [5.41, 5.74) is 4.16. The molecule has 0 saturated carbocycles. The second-order valence-corrected chi connectivity index (χ2v) is 5.86. The molecule has 3 N–H and O–H groups in total. The number of carbonyl (C=O) groups excluding carboxylic acids is 2. The van der Waals surface area contributed by atoms with Crippen molar-refractivity contribution in [2.45, 2.75) is 33.1 Å². The highest BCUT2D eigenvalue weighted by atomic mass is 79.9. The van der Waals surface area contributed by atoms with Crippen LogP contribution in [-0.2, 0) is 24.1 Å². The van der Waals surface area contributed by atoms with Gasteiger partial charge in [-0.3, -0.25) is 19.0 Å². The smallest absolute Gasteiger partial charge is 0.364 e. The van der Waals surface area contributed by atoms with Crippen molar-refractivity contribution in [2.75, 3.05) is 5.32 Å². The van der Waals surface area contributed by atoms with Gasteiger partial charge >= 0.3 is 6.18 Å². The van der Waals surface area contributed by atoms with Crippen LogP contribution in [0.5, 0.6) is 0 Å². The number of aromatic nitrogens is 4. The van der Waals surface area contributed by atoms with Crippen molar-refractivity contribution in [1.29, 1.82) is 0 Å². The van der Waals surface area contributed by atoms with Crippen LogP contribution in [0, 0.1) is 6.92 Å². The van der Waals surface area contributed by atoms with Gasteiger partial charge in [0.15, 0.2) is 11.4 Å². The third-order valence-corrected chi connectivity index (χ3v) is 4.24. The van der Waals surface area contributed by atoms with E-state index in [9.17, 15) is 22.8 Å². The van der Waals surface area contributed by atoms with E-state index in [2.05, 4.69) is 31.4 Å². The predicted molar refractivity (Wildman–Crippen MR) is 84.7 cm³/mol. The van der Waals surface area contributed by atoms with Crippen molar-refractivity contribution in [1.82, 2.24) is 19.6 Å². The lowest BCUT2D eigenvalue weighted by atomic mass is 10.3. The molecule has 0 aliphatic heterocycles. The number of anilines is 1. The lowest BCUT2D eigenvalue weighted by molar-refractivity contribution is -0.142. The van der Waals surface area contributed by atoms with E-state index in [1.165, 1.54) is 17.8 Å². The van der Waals surface area contributed by atoms with E-state index in [1.54, 1.807) is 6.92 Å². The Hall–Kier alpha value is -2.37. The molecule has 12 heteroatoms. The van der Waals surface area contributed by atoms with Gasteiger partial charge in [0.2, 0.25) is 5.91 Å². The number of nitrogens with one attached hydrogen (secondary N) is 1. The van der Waals surface area contributed by atoms with E-state index in [4.69, 9.17) is 5.73 Å². The molecule has 2 aromatic heterocycles. The molecule has 2 heterocycles. The fourth-order valence-corrected chi connectivity index (χ4v) is 2.55. The molecular formula is C13H14BrF3N6O2. The van der Waals surface area contributed by atoms with Gasteiger partial charge in [0.25, 0.3) is 5.91 Å². The molecule has 0 unspecified atom stereocenters. The molecule has 0 saturated heterocycles. The van der Waals surface area contributed by atoms with Gasteiger partial charge in [-0.25, -0.2) is 0 Å². The van der Waals surface area contributed by atoms with Crippen molar-refractivity contribution in [2.24, 2.45) is 5.73 Å². The Morgan fingerprint density at radius 1 is 1.36 bits per heavy atom. The minimum Gasteiger partial charge on any atom is -0.364 e. The highest BCUT2D eigenvalue weighted by Gasteiger charge is 2.38. The number of aryl methyl sites for hydroxylation is 1. The quantitative estimate of drug-likeness (QED) is 0.766. The summed E-state index contributed by atoms with van der Waals surface area (Å²) in [6.07, 6.45) is -3.24. The Morgan fingerprint density at radius 3 is 2.48 bits per heavy atom. The van der Waals surface area contributed by atoms with Crippen LogP contribution in [0.2, 0.25) is 0 Å². The third kappa shape index (κ3) is 4.00. The van der Waals surface area contributed by atoms with E-state index in [-0.39, 0.29) is 21.5 Å². The second kappa shape index (κ2) is 6.86. The summed E-state index contributed by atoms with van der Waals surface area (Å²) >= 11 is 2.83. The molecule has 0 bridgehead atoms. The predicted octanol–water partition coefficient (Wildman–Crippen LogP) is 1.93. The van der Waals surface area contributed by atoms with Crippen molar-refractivity contribution in [3.05, 3.63) is 27.8 Å². The molecule has 0 fully saturated rings. The van der Waals surface area contributed by atoms with Crippen molar-refractivity contribution >= 4 is 33.4 Å². The number of carbonyl (C=O) groups is 2. The number of hydrogen-bond acceptors (Lipinski definition) is 4. The normalized spacial score (nSPS) is 11.6. The number of hydrogen-bond donors (Lipinski definition) is 2. The maximum Gasteiger partial charge on any atom is 0.436 e. The van der Waals surface area contributed by atoms with Gasteiger partial charge in [-0.05, 0) is 29.8 Å². The molecular weight excluding hydrogens is 409 g/mol. The summed E-state index contributed by atoms with van der Waals surface area (Å²) in [4.78, 5) is 23.5. The first kappa shape index (κ1) is 19.0. The zero-order valence-electron chi connectivity index (χ0n) is 13.2. The summed E-state index contributed by atoms with van der Waals surface area (Å²) in [6.45, 7) is 3.13.